The van der Waals surface area contributed by atoms with Gasteiger partial charge in [-0.05, 0) is 71.3 Å². The fourth-order valence-electron chi connectivity index (χ4n) is 8.53. The summed E-state index contributed by atoms with van der Waals surface area (Å²) in [5.74, 6) is 0.814. The number of benzene rings is 6. The summed E-state index contributed by atoms with van der Waals surface area (Å²) in [5, 5.41) is 5.99. The third kappa shape index (κ3) is 4.61. The molecule has 0 radical (unpaired) electrons. The molecule has 52 heavy (non-hydrogen) atoms. The molecule has 2 atom stereocenters. The van der Waals surface area contributed by atoms with Gasteiger partial charge in [-0.25, -0.2) is 9.97 Å². The van der Waals surface area contributed by atoms with Crippen LogP contribution in [0.1, 0.15) is 29.7 Å². The van der Waals surface area contributed by atoms with Gasteiger partial charge in [0.25, 0.3) is 0 Å². The van der Waals surface area contributed by atoms with E-state index in [2.05, 4.69) is 193 Å². The maximum Gasteiger partial charge on any atom is 0.231 e. The highest BCUT2D eigenvalue weighted by Crippen LogP contribution is 2.52. The van der Waals surface area contributed by atoms with E-state index in [0.29, 0.717) is 5.95 Å². The zero-order valence-electron chi connectivity index (χ0n) is 29.1. The van der Waals surface area contributed by atoms with Crippen molar-refractivity contribution in [2.75, 3.05) is 4.90 Å². The number of allylic oxidation sites excluding steroid dienone is 3. The van der Waals surface area contributed by atoms with Gasteiger partial charge in [0.1, 0.15) is 0 Å². The Kier molecular flexibility index (Phi) is 7.03. The molecular weight excluding hydrogens is 633 g/mol. The Hall–Kier alpha value is -6.52. The van der Waals surface area contributed by atoms with Gasteiger partial charge in [0, 0.05) is 39.4 Å². The second-order valence-electron chi connectivity index (χ2n) is 13.7. The number of fused-ring (bicyclic) bond motifs is 7. The van der Waals surface area contributed by atoms with Crippen molar-refractivity contribution in [3.8, 4) is 28.2 Å². The predicted octanol–water partition coefficient (Wildman–Crippen LogP) is 12.1. The van der Waals surface area contributed by atoms with E-state index >= 15 is 0 Å². The lowest BCUT2D eigenvalue weighted by Gasteiger charge is -2.27. The summed E-state index contributed by atoms with van der Waals surface area (Å²) in [6.45, 7) is 4.34. The van der Waals surface area contributed by atoms with Gasteiger partial charge in [-0.15, -0.1) is 0 Å². The minimum atomic E-state index is 0.0123. The number of rotatable bonds is 5. The molecule has 2 aromatic heterocycles. The second-order valence-corrected chi connectivity index (χ2v) is 13.7. The molecule has 248 valence electrons. The van der Waals surface area contributed by atoms with E-state index in [0.717, 1.165) is 33.9 Å². The van der Waals surface area contributed by atoms with Crippen LogP contribution in [0.3, 0.4) is 0 Å². The monoisotopic (exact) mass is 668 g/mol. The number of anilines is 2. The van der Waals surface area contributed by atoms with Crippen molar-refractivity contribution in [3.63, 3.8) is 0 Å². The zero-order valence-corrected chi connectivity index (χ0v) is 29.1. The summed E-state index contributed by atoms with van der Waals surface area (Å²) in [4.78, 5) is 13.4. The second kappa shape index (κ2) is 12.1. The summed E-state index contributed by atoms with van der Waals surface area (Å²) >= 11 is 0. The lowest BCUT2D eigenvalue weighted by Crippen LogP contribution is -2.30. The molecular formula is C48H36N4. The van der Waals surface area contributed by atoms with E-state index in [4.69, 9.17) is 9.97 Å². The van der Waals surface area contributed by atoms with Gasteiger partial charge in [-0.2, -0.15) is 0 Å². The molecule has 1 aliphatic heterocycles. The van der Waals surface area contributed by atoms with Crippen LogP contribution in [-0.2, 0) is 0 Å². The van der Waals surface area contributed by atoms with Crippen LogP contribution < -0.4 is 4.90 Å². The van der Waals surface area contributed by atoms with Crippen LogP contribution in [-0.4, -0.2) is 20.6 Å². The van der Waals surface area contributed by atoms with Gasteiger partial charge in [0.2, 0.25) is 5.95 Å². The van der Waals surface area contributed by atoms with Crippen molar-refractivity contribution in [1.82, 2.24) is 14.5 Å². The first-order valence-electron chi connectivity index (χ1n) is 18.1. The first-order chi connectivity index (χ1) is 25.7. The molecule has 8 aromatic rings. The zero-order chi connectivity index (χ0) is 34.8. The molecule has 1 aliphatic carbocycles. The smallest absolute Gasteiger partial charge is 0.231 e. The largest absolute Gasteiger partial charge is 0.309 e. The molecule has 3 heterocycles. The predicted molar refractivity (Wildman–Crippen MR) is 218 cm³/mol. The quantitative estimate of drug-likeness (QED) is 0.183. The summed E-state index contributed by atoms with van der Waals surface area (Å²) in [6.07, 6.45) is 13.4. The highest BCUT2D eigenvalue weighted by Gasteiger charge is 2.41. The first-order valence-corrected chi connectivity index (χ1v) is 18.1. The Labute approximate surface area is 303 Å². The van der Waals surface area contributed by atoms with Crippen LogP contribution >= 0.6 is 0 Å². The molecule has 0 amide bonds. The topological polar surface area (TPSA) is 34.0 Å². The van der Waals surface area contributed by atoms with Crippen molar-refractivity contribution in [2.24, 2.45) is 0 Å². The van der Waals surface area contributed by atoms with Crippen LogP contribution in [0, 0.1) is 6.92 Å². The molecule has 2 aliphatic rings. The first kappa shape index (κ1) is 30.3. The third-order valence-corrected chi connectivity index (χ3v) is 10.8. The van der Waals surface area contributed by atoms with Gasteiger partial charge >= 0.3 is 0 Å². The molecule has 0 fully saturated rings. The molecule has 10 rings (SSSR count). The SMILES string of the molecule is C/C=C\c1c(C)c2ccc3c(c2n1-c1ccccc1)C1C=CC=CC1N3c1nc(-c2cccc3ccccc23)cc(-c2cccc3ccccc23)n1. The number of aromatic nitrogens is 3. The van der Waals surface area contributed by atoms with E-state index in [1.807, 2.05) is 0 Å². The minimum absolute atomic E-state index is 0.0123. The number of hydrogen-bond acceptors (Lipinski definition) is 3. The Morgan fingerprint density at radius 3 is 1.90 bits per heavy atom. The average molecular weight is 669 g/mol. The van der Waals surface area contributed by atoms with Crippen LogP contribution in [0.5, 0.6) is 0 Å². The molecule has 0 saturated carbocycles. The van der Waals surface area contributed by atoms with Gasteiger partial charge < -0.3 is 9.47 Å². The normalized spacial score (nSPS) is 16.4. The van der Waals surface area contributed by atoms with Crippen molar-refractivity contribution in [3.05, 3.63) is 181 Å². The number of aryl methyl sites for hydroxylation is 1. The summed E-state index contributed by atoms with van der Waals surface area (Å²) in [6, 6.07) is 47.6. The number of hydrogen-bond donors (Lipinski definition) is 0. The average Bonchev–Trinajstić information content (AvgIpc) is 3.69. The third-order valence-electron chi connectivity index (χ3n) is 10.8. The van der Waals surface area contributed by atoms with Crippen molar-refractivity contribution in [1.29, 1.82) is 0 Å². The van der Waals surface area contributed by atoms with Gasteiger partial charge in [-0.3, -0.25) is 0 Å². The van der Waals surface area contributed by atoms with Crippen LogP contribution in [0.4, 0.5) is 11.6 Å². The molecule has 6 aromatic carbocycles. The van der Waals surface area contributed by atoms with Crippen LogP contribution in [0.25, 0.3) is 66.7 Å². The Morgan fingerprint density at radius 2 is 1.23 bits per heavy atom. The van der Waals surface area contributed by atoms with Crippen LogP contribution in [0.2, 0.25) is 0 Å². The summed E-state index contributed by atoms with van der Waals surface area (Å²) in [7, 11) is 0. The number of para-hydroxylation sites is 1. The van der Waals surface area contributed by atoms with Gasteiger partial charge in [-0.1, -0.05) is 140 Å². The molecule has 0 bridgehead atoms. The lowest BCUT2D eigenvalue weighted by molar-refractivity contribution is 0.731. The molecule has 2 unspecified atom stereocenters. The highest BCUT2D eigenvalue weighted by molar-refractivity contribution is 6.01. The highest BCUT2D eigenvalue weighted by atomic mass is 15.3. The van der Waals surface area contributed by atoms with Crippen LogP contribution in [0.15, 0.2) is 164 Å². The van der Waals surface area contributed by atoms with E-state index in [-0.39, 0.29) is 12.0 Å². The van der Waals surface area contributed by atoms with Gasteiger partial charge in [0.15, 0.2) is 0 Å². The molecule has 4 heteroatoms. The molecule has 4 nitrogen and oxygen atoms in total. The van der Waals surface area contributed by atoms with E-state index in [1.165, 1.54) is 49.3 Å². The van der Waals surface area contributed by atoms with Crippen molar-refractivity contribution in [2.45, 2.75) is 25.8 Å². The van der Waals surface area contributed by atoms with Gasteiger partial charge in [0.05, 0.1) is 28.6 Å². The minimum Gasteiger partial charge on any atom is -0.309 e. The van der Waals surface area contributed by atoms with Crippen molar-refractivity contribution >= 4 is 50.2 Å². The van der Waals surface area contributed by atoms with Crippen molar-refractivity contribution < 1.29 is 0 Å². The standard InChI is InChI=1S/C48H36N4/c1-3-15-43-31(2)35-28-29-45-46(47(35)51(43)34-20-5-4-6-21-34)40-24-11-12-27-44(40)52(45)48-49-41(38-25-13-18-32-16-7-9-22-36(32)38)30-42(50-48)39-26-14-19-33-17-8-10-23-37(33)39/h3-30,40,44H,1-2H3/b15-3-. The fourth-order valence-corrected chi connectivity index (χ4v) is 8.53. The summed E-state index contributed by atoms with van der Waals surface area (Å²) < 4.78 is 2.45. The summed E-state index contributed by atoms with van der Waals surface area (Å²) in [5.41, 5.74) is 11.3. The fraction of sp³-hybridized carbons (Fsp3) is 0.0833. The molecule has 0 spiro atoms. The maximum atomic E-state index is 5.48. The Bertz CT molecular complexity index is 2680. The lowest BCUT2D eigenvalue weighted by atomic mass is 9.90. The maximum absolute atomic E-state index is 5.48. The number of nitrogens with zero attached hydrogens (tertiary/aromatic N) is 4. The molecule has 0 N–H and O–H groups in total. The Morgan fingerprint density at radius 1 is 0.615 bits per heavy atom. The van der Waals surface area contributed by atoms with E-state index < -0.39 is 0 Å². The molecule has 0 saturated heterocycles. The van der Waals surface area contributed by atoms with E-state index in [9.17, 15) is 0 Å². The Balaban J connectivity index is 1.27. The van der Waals surface area contributed by atoms with E-state index in [1.54, 1.807) is 0 Å².